The highest BCUT2D eigenvalue weighted by atomic mass is 19.1. The van der Waals surface area contributed by atoms with Crippen LogP contribution in [0.3, 0.4) is 0 Å². The molecule has 3 aromatic carbocycles. The summed E-state index contributed by atoms with van der Waals surface area (Å²) in [6.45, 7) is 0. The van der Waals surface area contributed by atoms with Crippen molar-refractivity contribution in [2.24, 2.45) is 0 Å². The van der Waals surface area contributed by atoms with E-state index in [2.05, 4.69) is 15.4 Å². The first-order valence-corrected chi connectivity index (χ1v) is 10.3. The maximum atomic E-state index is 14.2. The fourth-order valence-corrected chi connectivity index (χ4v) is 4.49. The normalized spacial score (nSPS) is 18.7. The van der Waals surface area contributed by atoms with Gasteiger partial charge in [-0.2, -0.15) is 10.1 Å². The smallest absolute Gasteiger partial charge is 0.226 e. The molecule has 0 saturated carbocycles. The first-order valence-electron chi connectivity index (χ1n) is 10.3. The molecule has 2 aliphatic rings. The Bertz CT molecular complexity index is 1360. The monoisotopic (exact) mass is 426 g/mol. The van der Waals surface area contributed by atoms with Crippen LogP contribution in [0.15, 0.2) is 84.7 Å². The predicted octanol–water partition coefficient (Wildman–Crippen LogP) is 4.99. The van der Waals surface area contributed by atoms with E-state index >= 15 is 0 Å². The minimum Gasteiger partial charge on any atom is -0.497 e. The van der Waals surface area contributed by atoms with Gasteiger partial charge in [-0.15, -0.1) is 0 Å². The lowest BCUT2D eigenvalue weighted by Crippen LogP contribution is -2.32. The van der Waals surface area contributed by atoms with Crippen molar-refractivity contribution in [3.05, 3.63) is 107 Å². The highest BCUT2D eigenvalue weighted by molar-refractivity contribution is 5.85. The van der Waals surface area contributed by atoms with Gasteiger partial charge in [-0.3, -0.25) is 0 Å². The molecule has 158 valence electrons. The number of ether oxygens (including phenoxy) is 2. The summed E-state index contributed by atoms with van der Waals surface area (Å²) in [6, 6.07) is 21.9. The Kier molecular flexibility index (Phi) is 4.21. The van der Waals surface area contributed by atoms with Crippen LogP contribution in [0.5, 0.6) is 11.5 Å². The summed E-state index contributed by atoms with van der Waals surface area (Å²) >= 11 is 0. The van der Waals surface area contributed by atoms with Crippen LogP contribution in [0.25, 0.3) is 5.70 Å². The van der Waals surface area contributed by atoms with Crippen LogP contribution in [0.4, 0.5) is 10.3 Å². The van der Waals surface area contributed by atoms with E-state index in [4.69, 9.17) is 9.47 Å². The largest absolute Gasteiger partial charge is 0.497 e. The van der Waals surface area contributed by atoms with E-state index in [-0.39, 0.29) is 11.9 Å². The SMILES string of the molecule is COc1cccc([C@H]2C3=C(Nc4ncnn42)c2ccccc2O[C@@H]3c2cccc(F)c2)c1. The van der Waals surface area contributed by atoms with E-state index in [1.54, 1.807) is 13.2 Å². The molecular weight excluding hydrogens is 407 g/mol. The predicted molar refractivity (Wildman–Crippen MR) is 118 cm³/mol. The van der Waals surface area contributed by atoms with Crippen LogP contribution in [0.1, 0.15) is 28.8 Å². The van der Waals surface area contributed by atoms with Gasteiger partial charge in [-0.1, -0.05) is 36.4 Å². The number of nitrogens with one attached hydrogen (secondary N) is 1. The molecule has 0 unspecified atom stereocenters. The number of hydrogen-bond acceptors (Lipinski definition) is 5. The molecular formula is C25H19FN4O2. The Balaban J connectivity index is 1.63. The van der Waals surface area contributed by atoms with Gasteiger partial charge in [0.15, 0.2) is 0 Å². The Morgan fingerprint density at radius 3 is 2.72 bits per heavy atom. The van der Waals surface area contributed by atoms with Gasteiger partial charge in [0, 0.05) is 11.1 Å². The summed E-state index contributed by atoms with van der Waals surface area (Å²) in [5, 5.41) is 7.94. The fourth-order valence-electron chi connectivity index (χ4n) is 4.49. The average molecular weight is 426 g/mol. The molecule has 0 fully saturated rings. The summed E-state index contributed by atoms with van der Waals surface area (Å²) in [7, 11) is 1.64. The van der Waals surface area contributed by atoms with E-state index in [1.807, 2.05) is 59.3 Å². The number of halogens is 1. The first-order chi connectivity index (χ1) is 15.7. The molecule has 1 aromatic heterocycles. The van der Waals surface area contributed by atoms with Gasteiger partial charge < -0.3 is 14.8 Å². The number of rotatable bonds is 3. The van der Waals surface area contributed by atoms with E-state index in [0.717, 1.165) is 39.5 Å². The molecule has 3 heterocycles. The number of para-hydroxylation sites is 1. The maximum absolute atomic E-state index is 14.2. The second kappa shape index (κ2) is 7.23. The molecule has 0 bridgehead atoms. The van der Waals surface area contributed by atoms with Crippen molar-refractivity contribution < 1.29 is 13.9 Å². The molecule has 0 amide bonds. The number of nitrogens with zero attached hydrogens (tertiary/aromatic N) is 3. The molecule has 0 radical (unpaired) electrons. The molecule has 6 nitrogen and oxygen atoms in total. The van der Waals surface area contributed by atoms with Gasteiger partial charge in [0.2, 0.25) is 5.95 Å². The third-order valence-corrected chi connectivity index (χ3v) is 5.88. The van der Waals surface area contributed by atoms with Crippen LogP contribution in [-0.4, -0.2) is 21.9 Å². The highest BCUT2D eigenvalue weighted by Crippen LogP contribution is 2.50. The quantitative estimate of drug-likeness (QED) is 0.500. The van der Waals surface area contributed by atoms with E-state index in [0.29, 0.717) is 5.95 Å². The van der Waals surface area contributed by atoms with Crippen molar-refractivity contribution >= 4 is 11.6 Å². The summed E-state index contributed by atoms with van der Waals surface area (Å²) in [5.74, 6) is 1.79. The lowest BCUT2D eigenvalue weighted by molar-refractivity contribution is 0.222. The number of methoxy groups -OCH3 is 1. The number of hydrogen-bond donors (Lipinski definition) is 1. The Morgan fingerprint density at radius 2 is 1.84 bits per heavy atom. The van der Waals surface area contributed by atoms with Gasteiger partial charge >= 0.3 is 0 Å². The topological polar surface area (TPSA) is 61.2 Å². The molecule has 0 saturated heterocycles. The number of aromatic nitrogens is 3. The molecule has 2 atom stereocenters. The number of fused-ring (bicyclic) bond motifs is 3. The average Bonchev–Trinajstić information content (AvgIpc) is 3.30. The first kappa shape index (κ1) is 18.6. The van der Waals surface area contributed by atoms with Crippen molar-refractivity contribution in [1.82, 2.24) is 14.8 Å². The molecule has 0 spiro atoms. The van der Waals surface area contributed by atoms with Gasteiger partial charge in [0.1, 0.15) is 35.8 Å². The Morgan fingerprint density at radius 1 is 1.00 bits per heavy atom. The zero-order valence-electron chi connectivity index (χ0n) is 17.2. The van der Waals surface area contributed by atoms with E-state index in [9.17, 15) is 4.39 Å². The zero-order valence-corrected chi connectivity index (χ0v) is 17.2. The minimum absolute atomic E-state index is 0.310. The van der Waals surface area contributed by atoms with Gasteiger partial charge in [-0.05, 0) is 47.5 Å². The second-order valence-electron chi connectivity index (χ2n) is 7.71. The van der Waals surface area contributed by atoms with Gasteiger partial charge in [0.25, 0.3) is 0 Å². The Labute approximate surface area is 183 Å². The van der Waals surface area contributed by atoms with E-state index < -0.39 is 6.10 Å². The molecule has 4 aromatic rings. The van der Waals surface area contributed by atoms with Crippen LogP contribution in [0.2, 0.25) is 0 Å². The molecule has 32 heavy (non-hydrogen) atoms. The molecule has 7 heteroatoms. The minimum atomic E-state index is -0.517. The molecule has 1 N–H and O–H groups in total. The molecule has 2 aliphatic heterocycles. The van der Waals surface area contributed by atoms with Crippen LogP contribution in [0, 0.1) is 5.82 Å². The lowest BCUT2D eigenvalue weighted by atomic mass is 9.84. The summed E-state index contributed by atoms with van der Waals surface area (Å²) in [5.41, 5.74) is 4.45. The van der Waals surface area contributed by atoms with Gasteiger partial charge in [0.05, 0.1) is 12.8 Å². The lowest BCUT2D eigenvalue weighted by Gasteiger charge is -2.39. The fraction of sp³-hybridized carbons (Fsp3) is 0.120. The van der Waals surface area contributed by atoms with Crippen molar-refractivity contribution in [1.29, 1.82) is 0 Å². The maximum Gasteiger partial charge on any atom is 0.226 e. The van der Waals surface area contributed by atoms with Crippen molar-refractivity contribution in [3.63, 3.8) is 0 Å². The van der Waals surface area contributed by atoms with E-state index in [1.165, 1.54) is 18.5 Å². The van der Waals surface area contributed by atoms with Crippen LogP contribution < -0.4 is 14.8 Å². The molecule has 0 aliphatic carbocycles. The summed E-state index contributed by atoms with van der Waals surface area (Å²) < 4.78 is 28.0. The molecule has 6 rings (SSSR count). The summed E-state index contributed by atoms with van der Waals surface area (Å²) in [6.07, 6.45) is 1.01. The number of benzene rings is 3. The van der Waals surface area contributed by atoms with Crippen LogP contribution >= 0.6 is 0 Å². The Hall–Kier alpha value is -4.13. The van der Waals surface area contributed by atoms with Crippen LogP contribution in [-0.2, 0) is 0 Å². The standard InChI is InChI=1S/C25H19FN4O2/c1-31-18-9-5-6-15(13-18)23-21-22(29-25-27-14-28-30(23)25)19-10-2-3-11-20(19)32-24(21)16-7-4-8-17(26)12-16/h2-14,23-24H,1H3,(H,27,28,29)/t23-,24+/m0/s1. The van der Waals surface area contributed by atoms with Crippen molar-refractivity contribution in [2.75, 3.05) is 12.4 Å². The zero-order chi connectivity index (χ0) is 21.7. The van der Waals surface area contributed by atoms with Crippen molar-refractivity contribution in [3.8, 4) is 11.5 Å². The number of anilines is 1. The second-order valence-corrected chi connectivity index (χ2v) is 7.71. The summed E-state index contributed by atoms with van der Waals surface area (Å²) in [4.78, 5) is 4.43. The van der Waals surface area contributed by atoms with Gasteiger partial charge in [-0.25, -0.2) is 9.07 Å². The van der Waals surface area contributed by atoms with Crippen molar-refractivity contribution in [2.45, 2.75) is 12.1 Å². The highest BCUT2D eigenvalue weighted by Gasteiger charge is 2.41. The third-order valence-electron chi connectivity index (χ3n) is 5.88. The third kappa shape index (κ3) is 2.85.